The van der Waals surface area contributed by atoms with Crippen molar-refractivity contribution in [2.45, 2.75) is 17.7 Å². The predicted octanol–water partition coefficient (Wildman–Crippen LogP) is 6.69. The third-order valence-electron chi connectivity index (χ3n) is 5.88. The Morgan fingerprint density at radius 2 is 2.00 bits per heavy atom. The summed E-state index contributed by atoms with van der Waals surface area (Å²) in [4.78, 5) is 4.80. The number of nitrogens with zero attached hydrogens (tertiary/aromatic N) is 4. The molecule has 3 aromatic heterocycles. The van der Waals surface area contributed by atoms with Crippen molar-refractivity contribution in [3.8, 4) is 11.3 Å². The van der Waals surface area contributed by atoms with Crippen LogP contribution in [0.1, 0.15) is 12.8 Å². The Labute approximate surface area is 230 Å². The van der Waals surface area contributed by atoms with Gasteiger partial charge in [0.05, 0.1) is 20.7 Å². The van der Waals surface area contributed by atoms with Crippen LogP contribution in [0.25, 0.3) is 16.9 Å². The molecule has 0 amide bonds. The molecule has 1 N–H and O–H groups in total. The van der Waals surface area contributed by atoms with Gasteiger partial charge in [-0.3, -0.25) is 0 Å². The van der Waals surface area contributed by atoms with Crippen LogP contribution in [0.4, 0.5) is 5.82 Å². The molecule has 184 valence electrons. The zero-order valence-corrected chi connectivity index (χ0v) is 23.6. The van der Waals surface area contributed by atoms with Crippen molar-refractivity contribution in [2.24, 2.45) is 5.92 Å². The summed E-state index contributed by atoms with van der Waals surface area (Å²) in [5, 5.41) is 8.49. The Hall–Kier alpha value is -1.40. The number of halogens is 4. The summed E-state index contributed by atoms with van der Waals surface area (Å²) in [5.74, 6) is 0.834. The first-order valence-corrected chi connectivity index (χ1v) is 14.9. The van der Waals surface area contributed by atoms with E-state index < -0.39 is 10.0 Å². The molecule has 1 aromatic carbocycles. The van der Waals surface area contributed by atoms with E-state index in [-0.39, 0.29) is 15.1 Å². The second-order valence-corrected chi connectivity index (χ2v) is 13.6. The van der Waals surface area contributed by atoms with Gasteiger partial charge in [-0.1, -0.05) is 53.0 Å². The van der Waals surface area contributed by atoms with Crippen molar-refractivity contribution in [2.75, 3.05) is 25.0 Å². The number of sulfonamides is 1. The smallest absolute Gasteiger partial charge is 0.245 e. The number of thiophene rings is 1. The minimum Gasteiger partial charge on any atom is -0.370 e. The van der Waals surface area contributed by atoms with Crippen LogP contribution in [-0.4, -0.2) is 47.0 Å². The lowest BCUT2D eigenvalue weighted by Crippen LogP contribution is -2.41. The van der Waals surface area contributed by atoms with E-state index >= 15 is 0 Å². The maximum atomic E-state index is 13.2. The van der Waals surface area contributed by atoms with Crippen molar-refractivity contribution < 1.29 is 8.42 Å². The number of aromatic nitrogens is 3. The van der Waals surface area contributed by atoms with Crippen LogP contribution in [-0.2, 0) is 10.0 Å². The fourth-order valence-electron chi connectivity index (χ4n) is 4.17. The fourth-order valence-corrected chi connectivity index (χ4v) is 8.42. The molecule has 1 aliphatic rings. The van der Waals surface area contributed by atoms with Gasteiger partial charge in [-0.25, -0.2) is 13.4 Å². The molecule has 7 nitrogen and oxygen atoms in total. The Morgan fingerprint density at radius 1 is 1.20 bits per heavy atom. The van der Waals surface area contributed by atoms with Crippen LogP contribution < -0.4 is 5.32 Å². The summed E-state index contributed by atoms with van der Waals surface area (Å²) in [6.07, 6.45) is 3.34. The lowest BCUT2D eigenvalue weighted by molar-refractivity contribution is 0.275. The van der Waals surface area contributed by atoms with Crippen LogP contribution in [0, 0.1) is 5.92 Å². The normalized spacial score (nSPS) is 17.2. The number of benzene rings is 1. The van der Waals surface area contributed by atoms with E-state index in [1.807, 2.05) is 30.3 Å². The Bertz CT molecular complexity index is 1510. The number of nitrogens with one attached hydrogen (secondary N) is 1. The first-order valence-electron chi connectivity index (χ1n) is 10.7. The van der Waals surface area contributed by atoms with Gasteiger partial charge >= 0.3 is 0 Å². The molecule has 35 heavy (non-hydrogen) atoms. The lowest BCUT2D eigenvalue weighted by Gasteiger charge is -2.32. The molecule has 4 heterocycles. The monoisotopic (exact) mass is 633 g/mol. The second kappa shape index (κ2) is 10.2. The number of piperidine rings is 1. The molecular formula is C22H19BrCl3N5O2S2. The molecule has 1 atom stereocenters. The van der Waals surface area contributed by atoms with Crippen LogP contribution in [0.3, 0.4) is 0 Å². The highest BCUT2D eigenvalue weighted by Gasteiger charge is 2.33. The van der Waals surface area contributed by atoms with Crippen molar-refractivity contribution in [1.82, 2.24) is 18.9 Å². The SMILES string of the molecule is O=S(=O)(c1cc(Cl)sc1Cl)N1CCCC(CNc2cc(-c3ccccc3Cl)nc3c(Br)cnn23)C1. The number of hydrogen-bond acceptors (Lipinski definition) is 6. The van der Waals surface area contributed by atoms with Gasteiger partial charge in [0.25, 0.3) is 0 Å². The van der Waals surface area contributed by atoms with Gasteiger partial charge in [-0.2, -0.15) is 13.9 Å². The Morgan fingerprint density at radius 3 is 2.74 bits per heavy atom. The van der Waals surface area contributed by atoms with E-state index in [0.717, 1.165) is 40.0 Å². The maximum absolute atomic E-state index is 13.2. The summed E-state index contributed by atoms with van der Waals surface area (Å²) in [5.41, 5.74) is 2.18. The first kappa shape index (κ1) is 25.3. The van der Waals surface area contributed by atoms with Crippen LogP contribution >= 0.6 is 62.1 Å². The molecule has 13 heteroatoms. The van der Waals surface area contributed by atoms with Gasteiger partial charge in [-0.05, 0) is 46.8 Å². The van der Waals surface area contributed by atoms with Crippen molar-refractivity contribution in [3.05, 3.63) is 60.8 Å². The average molecular weight is 636 g/mol. The molecule has 0 spiro atoms. The number of rotatable bonds is 6. The lowest BCUT2D eigenvalue weighted by atomic mass is 10.00. The van der Waals surface area contributed by atoms with E-state index in [4.69, 9.17) is 39.8 Å². The quantitative estimate of drug-likeness (QED) is 0.255. The molecule has 0 aliphatic carbocycles. The summed E-state index contributed by atoms with van der Waals surface area (Å²) >= 11 is 23.1. The third-order valence-corrected chi connectivity index (χ3v) is 10.4. The number of hydrogen-bond donors (Lipinski definition) is 1. The summed E-state index contributed by atoms with van der Waals surface area (Å²) in [6, 6.07) is 10.9. The Kier molecular flexibility index (Phi) is 7.33. The molecule has 0 bridgehead atoms. The van der Waals surface area contributed by atoms with Gasteiger partial charge < -0.3 is 5.32 Å². The van der Waals surface area contributed by atoms with E-state index in [2.05, 4.69) is 26.3 Å². The maximum Gasteiger partial charge on any atom is 0.245 e. The highest BCUT2D eigenvalue weighted by atomic mass is 79.9. The minimum absolute atomic E-state index is 0.0735. The van der Waals surface area contributed by atoms with E-state index in [1.54, 1.807) is 10.7 Å². The van der Waals surface area contributed by atoms with Gasteiger partial charge in [0.1, 0.15) is 15.0 Å². The molecule has 0 saturated carbocycles. The second-order valence-electron chi connectivity index (χ2n) is 8.18. The van der Waals surface area contributed by atoms with Gasteiger partial charge in [0.15, 0.2) is 5.65 Å². The summed E-state index contributed by atoms with van der Waals surface area (Å²) in [6.45, 7) is 1.39. The molecular weight excluding hydrogens is 617 g/mol. The summed E-state index contributed by atoms with van der Waals surface area (Å²) < 4.78 is 30.9. The van der Waals surface area contributed by atoms with Crippen molar-refractivity contribution in [1.29, 1.82) is 0 Å². The predicted molar refractivity (Wildman–Crippen MR) is 145 cm³/mol. The number of anilines is 1. The highest BCUT2D eigenvalue weighted by Crippen LogP contribution is 2.37. The number of fused-ring (bicyclic) bond motifs is 1. The third kappa shape index (κ3) is 5.07. The van der Waals surface area contributed by atoms with E-state index in [9.17, 15) is 8.42 Å². The molecule has 0 radical (unpaired) electrons. The van der Waals surface area contributed by atoms with Gasteiger partial charge in [-0.15, -0.1) is 11.3 Å². The zero-order chi connectivity index (χ0) is 24.7. The molecule has 1 unspecified atom stereocenters. The van der Waals surface area contributed by atoms with Crippen molar-refractivity contribution >= 4 is 83.6 Å². The van der Waals surface area contributed by atoms with Gasteiger partial charge in [0, 0.05) is 36.3 Å². The largest absolute Gasteiger partial charge is 0.370 e. The fraction of sp³-hybridized carbons (Fsp3) is 0.273. The van der Waals surface area contributed by atoms with E-state index in [1.165, 1.54) is 10.4 Å². The highest BCUT2D eigenvalue weighted by molar-refractivity contribution is 9.10. The van der Waals surface area contributed by atoms with Crippen LogP contribution in [0.5, 0.6) is 0 Å². The van der Waals surface area contributed by atoms with Gasteiger partial charge in [0.2, 0.25) is 10.0 Å². The standard InChI is InChI=1S/C22H19BrCl3N5O2S2/c23-15-11-28-31-20(8-17(29-22(15)31)14-5-1-2-6-16(14)24)27-10-13-4-3-7-30(12-13)35(32,33)18-9-19(25)34-21(18)26/h1-2,5-6,8-9,11,13,27H,3-4,7,10,12H2. The van der Waals surface area contributed by atoms with E-state index in [0.29, 0.717) is 40.3 Å². The van der Waals surface area contributed by atoms with Crippen LogP contribution in [0.15, 0.2) is 52.0 Å². The molecule has 1 saturated heterocycles. The first-order chi connectivity index (χ1) is 16.7. The molecule has 1 aliphatic heterocycles. The zero-order valence-electron chi connectivity index (χ0n) is 18.1. The topological polar surface area (TPSA) is 79.6 Å². The van der Waals surface area contributed by atoms with Crippen LogP contribution in [0.2, 0.25) is 13.7 Å². The summed E-state index contributed by atoms with van der Waals surface area (Å²) in [7, 11) is -3.72. The molecule has 5 rings (SSSR count). The average Bonchev–Trinajstić information content (AvgIpc) is 3.39. The van der Waals surface area contributed by atoms with Crippen molar-refractivity contribution in [3.63, 3.8) is 0 Å². The Balaban J connectivity index is 1.38. The molecule has 1 fully saturated rings. The molecule has 4 aromatic rings. The minimum atomic E-state index is -3.72.